The van der Waals surface area contributed by atoms with Crippen molar-refractivity contribution in [2.75, 3.05) is 20.3 Å². The van der Waals surface area contributed by atoms with Crippen LogP contribution in [0, 0.1) is 0 Å². The van der Waals surface area contributed by atoms with Gasteiger partial charge in [0.1, 0.15) is 35.9 Å². The van der Waals surface area contributed by atoms with Crippen LogP contribution in [0.1, 0.15) is 20.7 Å². The number of nitrogens with zero attached hydrogens (tertiary/aromatic N) is 1. The number of benzene rings is 2. The third kappa shape index (κ3) is 4.23. The molecule has 2 N–H and O–H groups in total. The Morgan fingerprint density at radius 3 is 2.21 bits per heavy atom. The third-order valence-electron chi connectivity index (χ3n) is 5.66. The van der Waals surface area contributed by atoms with E-state index in [0.717, 1.165) is 4.90 Å². The molecule has 1 fully saturated rings. The van der Waals surface area contributed by atoms with Gasteiger partial charge in [-0.05, 0) is 36.4 Å². The van der Waals surface area contributed by atoms with Crippen LogP contribution in [0.25, 0.3) is 0 Å². The Morgan fingerprint density at radius 1 is 1.06 bits per heavy atom. The average molecular weight is 455 g/mol. The van der Waals surface area contributed by atoms with Crippen molar-refractivity contribution in [3.63, 3.8) is 0 Å². The summed E-state index contributed by atoms with van der Waals surface area (Å²) in [6.45, 7) is 3.13. The summed E-state index contributed by atoms with van der Waals surface area (Å²) in [7, 11) is 1.53. The van der Waals surface area contributed by atoms with Crippen molar-refractivity contribution >= 4 is 11.8 Å². The van der Waals surface area contributed by atoms with Crippen LogP contribution in [0.5, 0.6) is 11.5 Å². The number of amides is 2. The molecule has 5 atom stereocenters. The molecule has 2 aromatic carbocycles. The van der Waals surface area contributed by atoms with Crippen LogP contribution >= 0.6 is 0 Å². The number of aliphatic hydroxyl groups is 2. The zero-order valence-corrected chi connectivity index (χ0v) is 18.0. The van der Waals surface area contributed by atoms with E-state index in [9.17, 15) is 19.8 Å². The maximum atomic E-state index is 13.2. The fourth-order valence-corrected chi connectivity index (χ4v) is 4.06. The van der Waals surface area contributed by atoms with E-state index in [1.165, 1.54) is 13.2 Å². The molecule has 2 heterocycles. The van der Waals surface area contributed by atoms with Crippen LogP contribution in [0.15, 0.2) is 61.2 Å². The minimum absolute atomic E-state index is 0.0365. The monoisotopic (exact) mass is 455 g/mol. The number of aliphatic hydroxyl groups excluding tert-OH is 2. The Morgan fingerprint density at radius 2 is 1.67 bits per heavy atom. The SMILES string of the molecule is C=CCO[C@H]1[C@@H](O)[C@@H](CO)O[C@@H](Oc2ccc(OC)cc2)[C@@H]1N1C(=O)c2ccccc2C1=O. The van der Waals surface area contributed by atoms with Gasteiger partial charge in [0, 0.05) is 0 Å². The highest BCUT2D eigenvalue weighted by molar-refractivity contribution is 6.21. The van der Waals surface area contributed by atoms with Crippen molar-refractivity contribution in [3.8, 4) is 11.5 Å². The minimum Gasteiger partial charge on any atom is -0.497 e. The number of rotatable bonds is 8. The van der Waals surface area contributed by atoms with E-state index in [1.54, 1.807) is 48.5 Å². The summed E-state index contributed by atoms with van der Waals surface area (Å²) in [5.41, 5.74) is 0.485. The fraction of sp³-hybridized carbons (Fsp3) is 0.333. The smallest absolute Gasteiger partial charge is 0.262 e. The highest BCUT2D eigenvalue weighted by Gasteiger charge is 2.54. The second kappa shape index (κ2) is 9.72. The molecule has 4 rings (SSSR count). The molecular formula is C24H25NO8. The number of ether oxygens (including phenoxy) is 4. The topological polar surface area (TPSA) is 115 Å². The molecule has 0 radical (unpaired) electrons. The summed E-state index contributed by atoms with van der Waals surface area (Å²) in [6.07, 6.45) is -3.24. The standard InChI is InChI=1S/C24H25NO8/c1-3-12-31-21-19(25-22(28)16-6-4-5-7-17(16)23(25)29)24(33-18(13-26)20(21)27)32-15-10-8-14(30-2)9-11-15/h3-11,18-21,24,26-27H,1,12-13H2,2H3/t18-,19-,20+,21-,24-/m1/s1. The second-order valence-electron chi connectivity index (χ2n) is 7.61. The summed E-state index contributed by atoms with van der Waals surface area (Å²) >= 11 is 0. The number of hydrogen-bond acceptors (Lipinski definition) is 8. The molecule has 0 saturated carbocycles. The predicted molar refractivity (Wildman–Crippen MR) is 116 cm³/mol. The third-order valence-corrected chi connectivity index (χ3v) is 5.66. The minimum atomic E-state index is -1.33. The Labute approximate surface area is 190 Å². The lowest BCUT2D eigenvalue weighted by molar-refractivity contribution is -0.261. The fourth-order valence-electron chi connectivity index (χ4n) is 4.06. The van der Waals surface area contributed by atoms with Gasteiger partial charge in [-0.15, -0.1) is 6.58 Å². The molecule has 0 spiro atoms. The molecule has 2 aliphatic heterocycles. The van der Waals surface area contributed by atoms with Gasteiger partial charge in [-0.2, -0.15) is 0 Å². The van der Waals surface area contributed by atoms with Gasteiger partial charge in [0.2, 0.25) is 6.29 Å². The van der Waals surface area contributed by atoms with Gasteiger partial charge in [-0.3, -0.25) is 14.5 Å². The number of hydrogen-bond donors (Lipinski definition) is 2. The molecule has 174 valence electrons. The number of imide groups is 1. The van der Waals surface area contributed by atoms with Crippen molar-refractivity contribution in [1.29, 1.82) is 0 Å². The lowest BCUT2D eigenvalue weighted by Crippen LogP contribution is -2.67. The van der Waals surface area contributed by atoms with Crippen LogP contribution in [0.2, 0.25) is 0 Å². The number of carbonyl (C=O) groups is 2. The highest BCUT2D eigenvalue weighted by Crippen LogP contribution is 2.34. The molecule has 9 heteroatoms. The van der Waals surface area contributed by atoms with Gasteiger partial charge in [0.05, 0.1) is 31.5 Å². The van der Waals surface area contributed by atoms with Gasteiger partial charge < -0.3 is 29.2 Å². The van der Waals surface area contributed by atoms with Gasteiger partial charge in [-0.25, -0.2) is 0 Å². The molecule has 2 amide bonds. The maximum absolute atomic E-state index is 13.2. The molecule has 33 heavy (non-hydrogen) atoms. The van der Waals surface area contributed by atoms with E-state index in [0.29, 0.717) is 11.5 Å². The first-order chi connectivity index (χ1) is 16.0. The van der Waals surface area contributed by atoms with E-state index in [1.807, 2.05) is 0 Å². The number of carbonyl (C=O) groups excluding carboxylic acids is 2. The summed E-state index contributed by atoms with van der Waals surface area (Å²) in [5, 5.41) is 20.6. The van der Waals surface area contributed by atoms with Crippen LogP contribution in [0.4, 0.5) is 0 Å². The zero-order chi connectivity index (χ0) is 23.5. The number of fused-ring (bicyclic) bond motifs is 1. The molecule has 9 nitrogen and oxygen atoms in total. The average Bonchev–Trinajstić information content (AvgIpc) is 3.09. The van der Waals surface area contributed by atoms with Gasteiger partial charge in [0.25, 0.3) is 11.8 Å². The first-order valence-corrected chi connectivity index (χ1v) is 10.4. The zero-order valence-electron chi connectivity index (χ0n) is 18.0. The van der Waals surface area contributed by atoms with Crippen molar-refractivity contribution in [2.45, 2.75) is 30.6 Å². The highest BCUT2D eigenvalue weighted by atomic mass is 16.7. The quantitative estimate of drug-likeness (QED) is 0.453. The molecule has 0 aromatic heterocycles. The van der Waals surface area contributed by atoms with Crippen LogP contribution in [0.3, 0.4) is 0 Å². The molecule has 2 aromatic rings. The molecule has 0 aliphatic carbocycles. The molecule has 0 unspecified atom stereocenters. The largest absolute Gasteiger partial charge is 0.497 e. The van der Waals surface area contributed by atoms with E-state index in [2.05, 4.69) is 6.58 Å². The molecule has 0 bridgehead atoms. The van der Waals surface area contributed by atoms with E-state index < -0.39 is 49.1 Å². The lowest BCUT2D eigenvalue weighted by Gasteiger charge is -2.46. The number of methoxy groups -OCH3 is 1. The van der Waals surface area contributed by atoms with Gasteiger partial charge in [-0.1, -0.05) is 18.2 Å². The normalized spacial score (nSPS) is 26.8. The summed E-state index contributed by atoms with van der Waals surface area (Å²) in [6, 6.07) is 11.9. The first-order valence-electron chi connectivity index (χ1n) is 10.4. The Hall–Kier alpha value is -3.24. The maximum Gasteiger partial charge on any atom is 0.262 e. The molecule has 2 aliphatic rings. The van der Waals surface area contributed by atoms with Crippen molar-refractivity contribution in [2.24, 2.45) is 0 Å². The van der Waals surface area contributed by atoms with Gasteiger partial charge >= 0.3 is 0 Å². The van der Waals surface area contributed by atoms with E-state index in [-0.39, 0.29) is 17.7 Å². The van der Waals surface area contributed by atoms with Gasteiger partial charge in [0.15, 0.2) is 0 Å². The summed E-state index contributed by atoms with van der Waals surface area (Å²) in [5.74, 6) is -0.110. The van der Waals surface area contributed by atoms with Crippen molar-refractivity contribution in [3.05, 3.63) is 72.3 Å². The summed E-state index contributed by atoms with van der Waals surface area (Å²) < 4.78 is 22.8. The Kier molecular flexibility index (Phi) is 6.75. The van der Waals surface area contributed by atoms with Crippen LogP contribution in [-0.4, -0.2) is 77.9 Å². The van der Waals surface area contributed by atoms with Crippen LogP contribution < -0.4 is 9.47 Å². The van der Waals surface area contributed by atoms with Crippen molar-refractivity contribution in [1.82, 2.24) is 4.90 Å². The second-order valence-corrected chi connectivity index (χ2v) is 7.61. The molecular weight excluding hydrogens is 430 g/mol. The lowest BCUT2D eigenvalue weighted by atomic mass is 9.95. The van der Waals surface area contributed by atoms with Crippen LogP contribution in [-0.2, 0) is 9.47 Å². The summed E-state index contributed by atoms with van der Waals surface area (Å²) in [4.78, 5) is 27.5. The molecule has 1 saturated heterocycles. The first kappa shape index (κ1) is 22.9. The predicted octanol–water partition coefficient (Wildman–Crippen LogP) is 1.39. The Bertz CT molecular complexity index is 988. The van der Waals surface area contributed by atoms with E-state index >= 15 is 0 Å². The van der Waals surface area contributed by atoms with Crippen molar-refractivity contribution < 1.29 is 38.7 Å². The van der Waals surface area contributed by atoms with E-state index in [4.69, 9.17) is 18.9 Å². The Balaban J connectivity index is 1.73.